The van der Waals surface area contributed by atoms with Gasteiger partial charge in [-0.2, -0.15) is 8.42 Å². The van der Waals surface area contributed by atoms with Crippen LogP contribution in [-0.2, 0) is 19.3 Å². The molecule has 0 spiro atoms. The van der Waals surface area contributed by atoms with Crippen LogP contribution in [0.3, 0.4) is 0 Å². The smallest absolute Gasteiger partial charge is 0.396 e. The third-order valence-corrected chi connectivity index (χ3v) is 2.97. The zero-order valence-electron chi connectivity index (χ0n) is 10.7. The first-order chi connectivity index (χ1) is 9.03. The molecule has 0 radical (unpaired) electrons. The van der Waals surface area contributed by atoms with Gasteiger partial charge in [0.05, 0.1) is 13.2 Å². The Hall–Kier alpha value is -1.15. The van der Waals surface area contributed by atoms with Gasteiger partial charge in [0.2, 0.25) is 0 Å². The van der Waals surface area contributed by atoms with Crippen molar-refractivity contribution in [3.05, 3.63) is 29.8 Å². The van der Waals surface area contributed by atoms with Gasteiger partial charge in [0.1, 0.15) is 5.75 Å². The molecule has 0 unspecified atom stereocenters. The predicted molar refractivity (Wildman–Crippen MR) is 69.2 cm³/mol. The molecule has 1 aromatic rings. The fraction of sp³-hybridized carbons (Fsp3) is 0.500. The first-order valence-electron chi connectivity index (χ1n) is 5.87. The van der Waals surface area contributed by atoms with Crippen LogP contribution < -0.4 is 4.18 Å². The average molecular weight is 290 g/mol. The monoisotopic (exact) mass is 290 g/mol. The van der Waals surface area contributed by atoms with E-state index < -0.39 is 10.4 Å². The van der Waals surface area contributed by atoms with Crippen molar-refractivity contribution in [2.45, 2.75) is 13.3 Å². The minimum atomic E-state index is -4.07. The lowest BCUT2D eigenvalue weighted by molar-refractivity contribution is 0.0867. The fourth-order valence-electron chi connectivity index (χ4n) is 1.20. The molecule has 0 aliphatic heterocycles. The lowest BCUT2D eigenvalue weighted by Gasteiger charge is -2.07. The Morgan fingerprint density at radius 3 is 2.42 bits per heavy atom. The van der Waals surface area contributed by atoms with E-state index in [9.17, 15) is 8.42 Å². The van der Waals surface area contributed by atoms with Gasteiger partial charge in [-0.1, -0.05) is 17.7 Å². The van der Waals surface area contributed by atoms with Gasteiger partial charge < -0.3 is 14.0 Å². The van der Waals surface area contributed by atoms with E-state index >= 15 is 0 Å². The maximum absolute atomic E-state index is 11.4. The second-order valence-corrected chi connectivity index (χ2v) is 5.04. The van der Waals surface area contributed by atoms with Crippen LogP contribution in [0.2, 0.25) is 0 Å². The van der Waals surface area contributed by atoms with E-state index in [1.165, 1.54) is 0 Å². The van der Waals surface area contributed by atoms with Crippen molar-refractivity contribution in [3.63, 3.8) is 0 Å². The first-order valence-corrected chi connectivity index (χ1v) is 7.21. The minimum absolute atomic E-state index is 0.0374. The van der Waals surface area contributed by atoms with Gasteiger partial charge >= 0.3 is 10.4 Å². The molecule has 0 atom stereocenters. The zero-order chi connectivity index (χ0) is 14.1. The molecule has 0 aliphatic rings. The molecule has 0 amide bonds. The first kappa shape index (κ1) is 15.9. The van der Waals surface area contributed by atoms with Crippen molar-refractivity contribution >= 4 is 10.4 Å². The van der Waals surface area contributed by atoms with Gasteiger partial charge in [0.15, 0.2) is 0 Å². The Morgan fingerprint density at radius 1 is 1.11 bits per heavy atom. The number of aliphatic hydroxyl groups is 1. The number of hydrogen-bond acceptors (Lipinski definition) is 6. The standard InChI is InChI=1S/C12H18O6S/c1-11-3-5-12(6-4-11)18-19(14,15)17-10-9-16-8-2-7-13/h3-6,13H,2,7-10H2,1H3. The van der Waals surface area contributed by atoms with Gasteiger partial charge in [-0.05, 0) is 25.5 Å². The van der Waals surface area contributed by atoms with E-state index in [-0.39, 0.29) is 25.6 Å². The molecule has 0 saturated carbocycles. The molecule has 6 nitrogen and oxygen atoms in total. The fourth-order valence-corrected chi connectivity index (χ4v) is 1.87. The van der Waals surface area contributed by atoms with E-state index in [0.717, 1.165) is 5.56 Å². The Bertz CT molecular complexity index is 454. The number of aliphatic hydroxyl groups excluding tert-OH is 1. The molecule has 0 aliphatic carbocycles. The van der Waals surface area contributed by atoms with E-state index in [1.54, 1.807) is 24.3 Å². The summed E-state index contributed by atoms with van der Waals surface area (Å²) in [5.74, 6) is 0.201. The quantitative estimate of drug-likeness (QED) is 0.684. The third-order valence-electron chi connectivity index (χ3n) is 2.12. The van der Waals surface area contributed by atoms with Crippen LogP contribution in [0.15, 0.2) is 24.3 Å². The summed E-state index contributed by atoms with van der Waals surface area (Å²) in [6, 6.07) is 6.58. The van der Waals surface area contributed by atoms with Crippen LogP contribution in [0.25, 0.3) is 0 Å². The highest BCUT2D eigenvalue weighted by Gasteiger charge is 2.13. The molecule has 19 heavy (non-hydrogen) atoms. The summed E-state index contributed by atoms with van der Waals surface area (Å²) in [5, 5.41) is 8.51. The highest BCUT2D eigenvalue weighted by atomic mass is 32.3. The Morgan fingerprint density at radius 2 is 1.79 bits per heavy atom. The SMILES string of the molecule is Cc1ccc(OS(=O)(=O)OCCOCCCO)cc1. The number of benzene rings is 1. The van der Waals surface area contributed by atoms with E-state index in [4.69, 9.17) is 14.0 Å². The number of rotatable bonds is 9. The maximum Gasteiger partial charge on any atom is 0.449 e. The van der Waals surface area contributed by atoms with Crippen molar-refractivity contribution < 1.29 is 26.6 Å². The van der Waals surface area contributed by atoms with Crippen molar-refractivity contribution in [2.24, 2.45) is 0 Å². The van der Waals surface area contributed by atoms with Crippen LogP contribution in [0.4, 0.5) is 0 Å². The summed E-state index contributed by atoms with van der Waals surface area (Å²) >= 11 is 0. The van der Waals surface area contributed by atoms with Crippen molar-refractivity contribution in [2.75, 3.05) is 26.4 Å². The highest BCUT2D eigenvalue weighted by molar-refractivity contribution is 7.82. The van der Waals surface area contributed by atoms with Crippen LogP contribution >= 0.6 is 0 Å². The largest absolute Gasteiger partial charge is 0.449 e. The van der Waals surface area contributed by atoms with Crippen LogP contribution in [-0.4, -0.2) is 40.0 Å². The molecule has 1 aromatic carbocycles. The molecule has 0 fully saturated rings. The number of ether oxygens (including phenoxy) is 1. The lowest BCUT2D eigenvalue weighted by Crippen LogP contribution is -2.16. The molecular formula is C12H18O6S. The molecular weight excluding hydrogens is 272 g/mol. The minimum Gasteiger partial charge on any atom is -0.396 e. The van der Waals surface area contributed by atoms with Gasteiger partial charge in [-0.25, -0.2) is 4.18 Å². The van der Waals surface area contributed by atoms with Crippen LogP contribution in [0.5, 0.6) is 5.75 Å². The zero-order valence-corrected chi connectivity index (χ0v) is 11.6. The van der Waals surface area contributed by atoms with Gasteiger partial charge in [-0.3, -0.25) is 0 Å². The summed E-state index contributed by atoms with van der Waals surface area (Å²) in [5.41, 5.74) is 1.00. The highest BCUT2D eigenvalue weighted by Crippen LogP contribution is 2.14. The topological polar surface area (TPSA) is 82.1 Å². The molecule has 7 heteroatoms. The second kappa shape index (κ2) is 8.11. The van der Waals surface area contributed by atoms with Crippen molar-refractivity contribution in [1.82, 2.24) is 0 Å². The molecule has 1 N–H and O–H groups in total. The number of aryl methyl sites for hydroxylation is 1. The molecule has 0 aromatic heterocycles. The van der Waals surface area contributed by atoms with Gasteiger partial charge in [0, 0.05) is 13.2 Å². The van der Waals surface area contributed by atoms with Gasteiger partial charge in [0.25, 0.3) is 0 Å². The Labute approximate surface area is 113 Å². The van der Waals surface area contributed by atoms with Gasteiger partial charge in [-0.15, -0.1) is 0 Å². The van der Waals surface area contributed by atoms with E-state index in [1.807, 2.05) is 6.92 Å². The summed E-state index contributed by atoms with van der Waals surface area (Å²) in [6.45, 7) is 2.28. The molecule has 0 saturated heterocycles. The molecule has 108 valence electrons. The number of hydrogen-bond donors (Lipinski definition) is 1. The average Bonchev–Trinajstić information content (AvgIpc) is 2.36. The predicted octanol–water partition coefficient (Wildman–Crippen LogP) is 1.03. The van der Waals surface area contributed by atoms with Crippen molar-refractivity contribution in [1.29, 1.82) is 0 Å². The molecule has 0 heterocycles. The van der Waals surface area contributed by atoms with Crippen molar-refractivity contribution in [3.8, 4) is 5.75 Å². The second-order valence-electron chi connectivity index (χ2n) is 3.82. The van der Waals surface area contributed by atoms with E-state index in [0.29, 0.717) is 13.0 Å². The summed E-state index contributed by atoms with van der Waals surface area (Å²) < 4.78 is 37.2. The molecule has 1 rings (SSSR count). The molecule has 0 bridgehead atoms. The summed E-state index contributed by atoms with van der Waals surface area (Å²) in [4.78, 5) is 0. The maximum atomic E-state index is 11.4. The summed E-state index contributed by atoms with van der Waals surface area (Å²) in [7, 11) is -4.07. The van der Waals surface area contributed by atoms with Crippen LogP contribution in [0.1, 0.15) is 12.0 Å². The van der Waals surface area contributed by atoms with Crippen LogP contribution in [0, 0.1) is 6.92 Å². The Balaban J connectivity index is 2.30. The third kappa shape index (κ3) is 7.12. The summed E-state index contributed by atoms with van der Waals surface area (Å²) in [6.07, 6.45) is 0.507. The normalized spacial score (nSPS) is 11.5. The lowest BCUT2D eigenvalue weighted by atomic mass is 10.2. The Kier molecular flexibility index (Phi) is 6.79. The van der Waals surface area contributed by atoms with E-state index in [2.05, 4.69) is 4.18 Å².